The second kappa shape index (κ2) is 6.99. The number of hydrogen-bond donors (Lipinski definition) is 1. The van der Waals surface area contributed by atoms with Crippen LogP contribution in [0.1, 0.15) is 33.3 Å². The molecule has 0 saturated carbocycles. The normalized spacial score (nSPS) is 18.3. The van der Waals surface area contributed by atoms with Crippen molar-refractivity contribution >= 4 is 17.3 Å². The number of halogens is 1. The van der Waals surface area contributed by atoms with Crippen LogP contribution in [0.5, 0.6) is 0 Å². The highest BCUT2D eigenvalue weighted by molar-refractivity contribution is 6.30. The first-order chi connectivity index (χ1) is 9.90. The molecule has 1 aliphatic rings. The molecule has 1 fully saturated rings. The summed E-state index contributed by atoms with van der Waals surface area (Å²) in [6.07, 6.45) is 0. The van der Waals surface area contributed by atoms with Crippen LogP contribution < -0.4 is 10.2 Å². The third-order valence-corrected chi connectivity index (χ3v) is 4.09. The van der Waals surface area contributed by atoms with Crippen LogP contribution in [0.2, 0.25) is 5.02 Å². The molecule has 0 aliphatic carbocycles. The number of nitrogens with one attached hydrogen (secondary N) is 1. The molecule has 1 aliphatic heterocycles. The molecule has 0 unspecified atom stereocenters. The molecular weight excluding hydrogens is 284 g/mol. The van der Waals surface area contributed by atoms with Crippen molar-refractivity contribution in [2.24, 2.45) is 5.92 Å². The Bertz CT molecular complexity index is 474. The van der Waals surface area contributed by atoms with Crippen molar-refractivity contribution in [2.45, 2.75) is 39.8 Å². The van der Waals surface area contributed by atoms with Gasteiger partial charge in [-0.1, -0.05) is 31.5 Å². The number of anilines is 1. The van der Waals surface area contributed by atoms with E-state index in [0.717, 1.165) is 37.9 Å². The van der Waals surface area contributed by atoms with Crippen LogP contribution in [0.15, 0.2) is 18.2 Å². The van der Waals surface area contributed by atoms with E-state index in [-0.39, 0.29) is 5.54 Å². The predicted octanol–water partition coefficient (Wildman–Crippen LogP) is 3.70. The highest BCUT2D eigenvalue weighted by Gasteiger charge is 2.31. The minimum atomic E-state index is -0.00424. The molecule has 1 saturated heterocycles. The van der Waals surface area contributed by atoms with Crippen LogP contribution in [-0.4, -0.2) is 31.8 Å². The van der Waals surface area contributed by atoms with Gasteiger partial charge < -0.3 is 15.0 Å². The monoisotopic (exact) mass is 310 g/mol. The second-order valence-electron chi connectivity index (χ2n) is 6.81. The molecular formula is C17H27ClN2O. The van der Waals surface area contributed by atoms with Gasteiger partial charge >= 0.3 is 0 Å². The largest absolute Gasteiger partial charge is 0.377 e. The van der Waals surface area contributed by atoms with Crippen molar-refractivity contribution in [1.82, 2.24) is 5.32 Å². The minimum absolute atomic E-state index is 0.00424. The molecule has 1 aromatic carbocycles. The molecule has 1 N–H and O–H groups in total. The maximum atomic E-state index is 6.24. The fourth-order valence-electron chi connectivity index (χ4n) is 2.74. The van der Waals surface area contributed by atoms with Crippen LogP contribution in [-0.2, 0) is 11.3 Å². The standard InChI is InChI=1S/C17H27ClN2O/c1-13(2)10-19-11-14-5-6-15(18)9-16(14)20-7-8-21-12-17(20,3)4/h5-6,9,13,19H,7-8,10-12H2,1-4H3. The van der Waals surface area contributed by atoms with Gasteiger partial charge in [0.1, 0.15) is 0 Å². The van der Waals surface area contributed by atoms with Gasteiger partial charge in [0.25, 0.3) is 0 Å². The number of morpholine rings is 1. The van der Waals surface area contributed by atoms with E-state index in [1.54, 1.807) is 0 Å². The van der Waals surface area contributed by atoms with Gasteiger partial charge in [-0.05, 0) is 44.0 Å². The van der Waals surface area contributed by atoms with Gasteiger partial charge in [0.15, 0.2) is 0 Å². The van der Waals surface area contributed by atoms with Crippen LogP contribution in [0, 0.1) is 5.92 Å². The summed E-state index contributed by atoms with van der Waals surface area (Å²) in [4.78, 5) is 2.43. The number of benzene rings is 1. The van der Waals surface area contributed by atoms with Gasteiger partial charge in [0, 0.05) is 23.8 Å². The van der Waals surface area contributed by atoms with E-state index in [4.69, 9.17) is 16.3 Å². The summed E-state index contributed by atoms with van der Waals surface area (Å²) >= 11 is 6.24. The molecule has 118 valence electrons. The smallest absolute Gasteiger partial charge is 0.0694 e. The first kappa shape index (κ1) is 16.6. The lowest BCUT2D eigenvalue weighted by Crippen LogP contribution is -2.53. The van der Waals surface area contributed by atoms with Gasteiger partial charge in [-0.15, -0.1) is 0 Å². The minimum Gasteiger partial charge on any atom is -0.377 e. The zero-order valence-corrected chi connectivity index (χ0v) is 14.3. The summed E-state index contributed by atoms with van der Waals surface area (Å²) in [5.41, 5.74) is 2.53. The lowest BCUT2D eigenvalue weighted by atomic mass is 9.99. The summed E-state index contributed by atoms with van der Waals surface area (Å²) in [6.45, 7) is 13.2. The van der Waals surface area contributed by atoms with E-state index in [1.165, 1.54) is 11.3 Å². The molecule has 1 heterocycles. The molecule has 0 amide bonds. The van der Waals surface area contributed by atoms with Crippen molar-refractivity contribution in [3.8, 4) is 0 Å². The van der Waals surface area contributed by atoms with Crippen LogP contribution in [0.4, 0.5) is 5.69 Å². The molecule has 0 atom stereocenters. The Hall–Kier alpha value is -0.770. The van der Waals surface area contributed by atoms with E-state index < -0.39 is 0 Å². The summed E-state index contributed by atoms with van der Waals surface area (Å²) in [5.74, 6) is 0.653. The van der Waals surface area contributed by atoms with Gasteiger partial charge in [-0.3, -0.25) is 0 Å². The summed E-state index contributed by atoms with van der Waals surface area (Å²) in [7, 11) is 0. The zero-order valence-electron chi connectivity index (χ0n) is 13.6. The van der Waals surface area contributed by atoms with E-state index in [2.05, 4.69) is 50.0 Å². The first-order valence-electron chi connectivity index (χ1n) is 7.74. The Morgan fingerprint density at radius 2 is 2.14 bits per heavy atom. The third kappa shape index (κ3) is 4.35. The maximum Gasteiger partial charge on any atom is 0.0694 e. The number of rotatable bonds is 5. The third-order valence-electron chi connectivity index (χ3n) is 3.85. The van der Waals surface area contributed by atoms with Crippen molar-refractivity contribution in [3.63, 3.8) is 0 Å². The first-order valence-corrected chi connectivity index (χ1v) is 8.12. The predicted molar refractivity (Wildman–Crippen MR) is 90.2 cm³/mol. The average molecular weight is 311 g/mol. The Labute approximate surface area is 133 Å². The average Bonchev–Trinajstić information content (AvgIpc) is 2.40. The molecule has 2 rings (SSSR count). The van der Waals surface area contributed by atoms with E-state index in [1.807, 2.05) is 6.07 Å². The van der Waals surface area contributed by atoms with Gasteiger partial charge in [0.05, 0.1) is 18.8 Å². The lowest BCUT2D eigenvalue weighted by molar-refractivity contribution is 0.0643. The number of nitrogens with zero attached hydrogens (tertiary/aromatic N) is 1. The fourth-order valence-corrected chi connectivity index (χ4v) is 2.90. The topological polar surface area (TPSA) is 24.5 Å². The molecule has 1 aromatic rings. The van der Waals surface area contributed by atoms with Crippen LogP contribution in [0.3, 0.4) is 0 Å². The molecule has 4 heteroatoms. The molecule has 0 bridgehead atoms. The van der Waals surface area contributed by atoms with Crippen molar-refractivity contribution in [2.75, 3.05) is 31.2 Å². The Morgan fingerprint density at radius 3 is 2.81 bits per heavy atom. The highest BCUT2D eigenvalue weighted by Crippen LogP contribution is 2.32. The Balaban J connectivity index is 2.22. The maximum absolute atomic E-state index is 6.24. The summed E-state index contributed by atoms with van der Waals surface area (Å²) < 4.78 is 5.63. The molecule has 21 heavy (non-hydrogen) atoms. The van der Waals surface area contributed by atoms with Crippen molar-refractivity contribution in [3.05, 3.63) is 28.8 Å². The zero-order chi connectivity index (χ0) is 15.5. The van der Waals surface area contributed by atoms with E-state index in [9.17, 15) is 0 Å². The van der Waals surface area contributed by atoms with E-state index >= 15 is 0 Å². The Kier molecular flexibility index (Phi) is 5.53. The molecule has 3 nitrogen and oxygen atoms in total. The SMILES string of the molecule is CC(C)CNCc1ccc(Cl)cc1N1CCOCC1(C)C. The quantitative estimate of drug-likeness (QED) is 0.897. The van der Waals surface area contributed by atoms with E-state index in [0.29, 0.717) is 5.92 Å². The number of hydrogen-bond acceptors (Lipinski definition) is 3. The molecule has 0 spiro atoms. The van der Waals surface area contributed by atoms with Crippen LogP contribution in [0.25, 0.3) is 0 Å². The second-order valence-corrected chi connectivity index (χ2v) is 7.25. The number of ether oxygens (including phenoxy) is 1. The summed E-state index contributed by atoms with van der Waals surface area (Å²) in [5, 5.41) is 4.32. The molecule has 0 radical (unpaired) electrons. The fraction of sp³-hybridized carbons (Fsp3) is 0.647. The molecule has 0 aromatic heterocycles. The van der Waals surface area contributed by atoms with Gasteiger partial charge in [-0.25, -0.2) is 0 Å². The summed E-state index contributed by atoms with van der Waals surface area (Å²) in [6, 6.07) is 6.20. The van der Waals surface area contributed by atoms with Crippen molar-refractivity contribution < 1.29 is 4.74 Å². The van der Waals surface area contributed by atoms with Crippen LogP contribution >= 0.6 is 11.6 Å². The van der Waals surface area contributed by atoms with Gasteiger partial charge in [-0.2, -0.15) is 0 Å². The lowest BCUT2D eigenvalue weighted by Gasteiger charge is -2.44. The highest BCUT2D eigenvalue weighted by atomic mass is 35.5. The van der Waals surface area contributed by atoms with Gasteiger partial charge in [0.2, 0.25) is 0 Å². The Morgan fingerprint density at radius 1 is 1.38 bits per heavy atom. The van der Waals surface area contributed by atoms with Crippen molar-refractivity contribution in [1.29, 1.82) is 0 Å².